The van der Waals surface area contributed by atoms with Crippen molar-refractivity contribution < 1.29 is 14.3 Å². The molecule has 0 bridgehead atoms. The Morgan fingerprint density at radius 2 is 2.17 bits per heavy atom. The van der Waals surface area contributed by atoms with Crippen molar-refractivity contribution in [3.05, 3.63) is 23.8 Å². The minimum absolute atomic E-state index is 0.0376. The molecular formula is C14H15NO3. The summed E-state index contributed by atoms with van der Waals surface area (Å²) >= 11 is 0. The number of nitrogens with one attached hydrogen (secondary N) is 1. The lowest BCUT2D eigenvalue weighted by atomic mass is 10.0. The van der Waals surface area contributed by atoms with Crippen LogP contribution >= 0.6 is 0 Å². The molecule has 0 saturated heterocycles. The Morgan fingerprint density at radius 3 is 2.83 bits per heavy atom. The standard InChI is InChI=1S/C14H15NO3/c1-14(2)6-9(14)13(17)8-3-4-11-10(5-8)15-12(16)7-18-11/h3-5,9H,6-7H2,1-2H3,(H,15,16). The fourth-order valence-corrected chi connectivity index (χ4v) is 2.35. The van der Waals surface area contributed by atoms with Crippen LogP contribution in [0.3, 0.4) is 0 Å². The van der Waals surface area contributed by atoms with E-state index in [2.05, 4.69) is 19.2 Å². The van der Waals surface area contributed by atoms with Crippen molar-refractivity contribution in [2.75, 3.05) is 11.9 Å². The molecule has 1 amide bonds. The smallest absolute Gasteiger partial charge is 0.262 e. The molecule has 1 aromatic carbocycles. The molecule has 1 aliphatic heterocycles. The van der Waals surface area contributed by atoms with Gasteiger partial charge in [-0.15, -0.1) is 0 Å². The Kier molecular flexibility index (Phi) is 2.24. The van der Waals surface area contributed by atoms with E-state index in [0.717, 1.165) is 6.42 Å². The van der Waals surface area contributed by atoms with Crippen LogP contribution in [0.25, 0.3) is 0 Å². The predicted octanol–water partition coefficient (Wildman–Crippen LogP) is 2.25. The second kappa shape index (κ2) is 3.57. The molecule has 0 spiro atoms. The lowest BCUT2D eigenvalue weighted by Gasteiger charge is -2.18. The van der Waals surface area contributed by atoms with Crippen molar-refractivity contribution in [1.82, 2.24) is 0 Å². The van der Waals surface area contributed by atoms with Gasteiger partial charge in [0.15, 0.2) is 12.4 Å². The third-order valence-electron chi connectivity index (χ3n) is 3.73. The van der Waals surface area contributed by atoms with E-state index < -0.39 is 0 Å². The number of anilines is 1. The first-order valence-electron chi connectivity index (χ1n) is 6.08. The first-order chi connectivity index (χ1) is 8.47. The zero-order valence-corrected chi connectivity index (χ0v) is 10.4. The van der Waals surface area contributed by atoms with E-state index in [-0.39, 0.29) is 29.6 Å². The van der Waals surface area contributed by atoms with Crippen LogP contribution in [0.5, 0.6) is 5.75 Å². The second-order valence-electron chi connectivity index (χ2n) is 5.66. The largest absolute Gasteiger partial charge is 0.482 e. The molecule has 3 rings (SSSR count). The zero-order chi connectivity index (χ0) is 12.9. The first kappa shape index (κ1) is 11.3. The monoisotopic (exact) mass is 245 g/mol. The van der Waals surface area contributed by atoms with E-state index in [4.69, 9.17) is 4.74 Å². The second-order valence-corrected chi connectivity index (χ2v) is 5.66. The van der Waals surface area contributed by atoms with Crippen LogP contribution in [0.15, 0.2) is 18.2 Å². The summed E-state index contributed by atoms with van der Waals surface area (Å²) in [6.45, 7) is 4.23. The first-order valence-corrected chi connectivity index (χ1v) is 6.08. The zero-order valence-electron chi connectivity index (χ0n) is 10.4. The van der Waals surface area contributed by atoms with Gasteiger partial charge in [-0.3, -0.25) is 9.59 Å². The Hall–Kier alpha value is -1.84. The van der Waals surface area contributed by atoms with E-state index >= 15 is 0 Å². The molecule has 94 valence electrons. The normalized spacial score (nSPS) is 23.7. The van der Waals surface area contributed by atoms with Gasteiger partial charge in [-0.25, -0.2) is 0 Å². The molecule has 1 saturated carbocycles. The number of Topliss-reactive ketones (excluding diaryl/α,β-unsaturated/α-hetero) is 1. The van der Waals surface area contributed by atoms with Crippen LogP contribution in [0.2, 0.25) is 0 Å². The van der Waals surface area contributed by atoms with Crippen LogP contribution in [0, 0.1) is 11.3 Å². The van der Waals surface area contributed by atoms with Crippen molar-refractivity contribution in [3.63, 3.8) is 0 Å². The number of ether oxygens (including phenoxy) is 1. The van der Waals surface area contributed by atoms with Gasteiger partial charge >= 0.3 is 0 Å². The number of rotatable bonds is 2. The van der Waals surface area contributed by atoms with Crippen molar-refractivity contribution in [2.24, 2.45) is 11.3 Å². The Balaban J connectivity index is 1.88. The maximum Gasteiger partial charge on any atom is 0.262 e. The Bertz CT molecular complexity index is 548. The van der Waals surface area contributed by atoms with Crippen LogP contribution in [0.1, 0.15) is 30.6 Å². The third-order valence-corrected chi connectivity index (χ3v) is 3.73. The quantitative estimate of drug-likeness (QED) is 0.813. The highest BCUT2D eigenvalue weighted by Gasteiger charge is 2.50. The molecule has 2 aliphatic rings. The lowest BCUT2D eigenvalue weighted by Crippen LogP contribution is -2.25. The maximum atomic E-state index is 12.2. The fraction of sp³-hybridized carbons (Fsp3) is 0.429. The molecular weight excluding hydrogens is 230 g/mol. The number of ketones is 1. The molecule has 18 heavy (non-hydrogen) atoms. The molecule has 1 heterocycles. The van der Waals surface area contributed by atoms with Crippen molar-refractivity contribution in [2.45, 2.75) is 20.3 Å². The van der Waals surface area contributed by atoms with Gasteiger partial charge in [-0.2, -0.15) is 0 Å². The lowest BCUT2D eigenvalue weighted by molar-refractivity contribution is -0.118. The molecule has 1 N–H and O–H groups in total. The molecule has 1 fully saturated rings. The molecule has 4 heteroatoms. The minimum atomic E-state index is -0.182. The number of hydrogen-bond donors (Lipinski definition) is 1. The number of carbonyl (C=O) groups is 2. The number of hydrogen-bond acceptors (Lipinski definition) is 3. The maximum absolute atomic E-state index is 12.2. The molecule has 1 aliphatic carbocycles. The molecule has 0 aromatic heterocycles. The third kappa shape index (κ3) is 1.78. The molecule has 1 unspecified atom stereocenters. The van der Waals surface area contributed by atoms with Crippen LogP contribution in [-0.2, 0) is 4.79 Å². The number of carbonyl (C=O) groups excluding carboxylic acids is 2. The Morgan fingerprint density at radius 1 is 1.44 bits per heavy atom. The average Bonchev–Trinajstić information content (AvgIpc) is 2.96. The van der Waals surface area contributed by atoms with Crippen LogP contribution in [-0.4, -0.2) is 18.3 Å². The summed E-state index contributed by atoms with van der Waals surface area (Å²) in [5, 5.41) is 2.72. The molecule has 1 aromatic rings. The summed E-state index contributed by atoms with van der Waals surface area (Å²) in [6, 6.07) is 5.23. The highest BCUT2D eigenvalue weighted by Crippen LogP contribution is 2.53. The van der Waals surface area contributed by atoms with Crippen molar-refractivity contribution in [1.29, 1.82) is 0 Å². The van der Waals surface area contributed by atoms with E-state index in [0.29, 0.717) is 17.0 Å². The summed E-state index contributed by atoms with van der Waals surface area (Å²) in [7, 11) is 0. The highest BCUT2D eigenvalue weighted by molar-refractivity contribution is 6.03. The van der Waals surface area contributed by atoms with E-state index in [1.54, 1.807) is 18.2 Å². The van der Waals surface area contributed by atoms with Crippen LogP contribution < -0.4 is 10.1 Å². The van der Waals surface area contributed by atoms with Crippen molar-refractivity contribution in [3.8, 4) is 5.75 Å². The number of fused-ring (bicyclic) bond motifs is 1. The Labute approximate surface area is 105 Å². The topological polar surface area (TPSA) is 55.4 Å². The average molecular weight is 245 g/mol. The van der Waals surface area contributed by atoms with Crippen LogP contribution in [0.4, 0.5) is 5.69 Å². The van der Waals surface area contributed by atoms with Gasteiger partial charge < -0.3 is 10.1 Å². The van der Waals surface area contributed by atoms with E-state index in [1.165, 1.54) is 0 Å². The molecule has 0 radical (unpaired) electrons. The number of benzene rings is 1. The summed E-state index contributed by atoms with van der Waals surface area (Å²) in [5.41, 5.74) is 1.36. The van der Waals surface area contributed by atoms with Gasteiger partial charge in [0.05, 0.1) is 5.69 Å². The van der Waals surface area contributed by atoms with E-state index in [1.807, 2.05) is 0 Å². The minimum Gasteiger partial charge on any atom is -0.482 e. The SMILES string of the molecule is CC1(C)CC1C(=O)c1ccc2c(c1)NC(=O)CO2. The van der Waals surface area contributed by atoms with Gasteiger partial charge in [-0.05, 0) is 30.0 Å². The predicted molar refractivity (Wildman–Crippen MR) is 66.8 cm³/mol. The summed E-state index contributed by atoms with van der Waals surface area (Å²) in [6.07, 6.45) is 0.936. The van der Waals surface area contributed by atoms with Gasteiger partial charge in [0.2, 0.25) is 0 Å². The molecule has 1 atom stereocenters. The summed E-state index contributed by atoms with van der Waals surface area (Å²) < 4.78 is 5.26. The van der Waals surface area contributed by atoms with E-state index in [9.17, 15) is 9.59 Å². The number of amides is 1. The summed E-state index contributed by atoms with van der Waals surface area (Å²) in [4.78, 5) is 23.5. The molecule has 4 nitrogen and oxygen atoms in total. The van der Waals surface area contributed by atoms with Gasteiger partial charge in [-0.1, -0.05) is 13.8 Å². The van der Waals surface area contributed by atoms with Gasteiger partial charge in [0.1, 0.15) is 5.75 Å². The highest BCUT2D eigenvalue weighted by atomic mass is 16.5. The fourth-order valence-electron chi connectivity index (χ4n) is 2.35. The summed E-state index contributed by atoms with van der Waals surface area (Å²) in [5.74, 6) is 0.707. The van der Waals surface area contributed by atoms with Crippen molar-refractivity contribution >= 4 is 17.4 Å². The van der Waals surface area contributed by atoms with Gasteiger partial charge in [0, 0.05) is 11.5 Å². The van der Waals surface area contributed by atoms with Gasteiger partial charge in [0.25, 0.3) is 5.91 Å².